The standard InChI is InChI=1S/C29H39N3O3/c1-2-34-29(33)27(26-11-4-3-10-25(26)21-12-13-21)32-18-16-24(20-32)35-19-6-5-9-23-15-14-22-8-7-17-30-28(22)31-23/h3-4,10-11,14-15,21,24,27H,2,5-9,12-13,16-20H2,1H3,(H,30,31)/t24-,27?/m1/s1. The number of anilines is 1. The van der Waals surface area contributed by atoms with Crippen LogP contribution in [0.4, 0.5) is 5.82 Å². The largest absolute Gasteiger partial charge is 0.465 e. The van der Waals surface area contributed by atoms with Gasteiger partial charge in [0.1, 0.15) is 11.9 Å². The molecule has 1 aromatic carbocycles. The van der Waals surface area contributed by atoms with Crippen molar-refractivity contribution in [1.82, 2.24) is 9.88 Å². The summed E-state index contributed by atoms with van der Waals surface area (Å²) in [7, 11) is 0. The molecule has 2 aromatic rings. The van der Waals surface area contributed by atoms with E-state index in [2.05, 4.69) is 40.5 Å². The first-order valence-electron chi connectivity index (χ1n) is 13.6. The molecule has 1 saturated carbocycles. The van der Waals surface area contributed by atoms with Crippen LogP contribution >= 0.6 is 0 Å². The van der Waals surface area contributed by atoms with Gasteiger partial charge in [0.25, 0.3) is 0 Å². The number of ether oxygens (including phenoxy) is 2. The highest BCUT2D eigenvalue weighted by atomic mass is 16.5. The number of rotatable bonds is 11. The molecule has 0 radical (unpaired) electrons. The van der Waals surface area contributed by atoms with E-state index in [1.165, 1.54) is 30.4 Å². The van der Waals surface area contributed by atoms with Gasteiger partial charge >= 0.3 is 5.97 Å². The number of aromatic nitrogens is 1. The molecule has 3 heterocycles. The summed E-state index contributed by atoms with van der Waals surface area (Å²) in [6.45, 7) is 5.71. The average Bonchev–Trinajstić information content (AvgIpc) is 3.63. The fraction of sp³-hybridized carbons (Fsp3) is 0.586. The molecule has 6 nitrogen and oxygen atoms in total. The lowest BCUT2D eigenvalue weighted by atomic mass is 9.96. The Morgan fingerprint density at radius 2 is 2.06 bits per heavy atom. The summed E-state index contributed by atoms with van der Waals surface area (Å²) in [6, 6.07) is 12.5. The lowest BCUT2D eigenvalue weighted by Crippen LogP contribution is -2.35. The highest BCUT2D eigenvalue weighted by Gasteiger charge is 2.38. The Labute approximate surface area is 209 Å². The number of carbonyl (C=O) groups excluding carboxylic acids is 1. The van der Waals surface area contributed by atoms with Gasteiger partial charge in [0.05, 0.1) is 12.7 Å². The maximum absolute atomic E-state index is 13.0. The molecule has 1 saturated heterocycles. The predicted molar refractivity (Wildman–Crippen MR) is 138 cm³/mol. The van der Waals surface area contributed by atoms with Crippen molar-refractivity contribution in [3.63, 3.8) is 0 Å². The molecule has 2 aliphatic heterocycles. The zero-order valence-corrected chi connectivity index (χ0v) is 21.0. The fourth-order valence-corrected chi connectivity index (χ4v) is 5.51. The second-order valence-electron chi connectivity index (χ2n) is 10.1. The SMILES string of the molecule is CCOC(=O)C(c1ccccc1C1CC1)N1CC[C@@H](OCCCCc2ccc3c(n2)NCCC3)C1. The van der Waals surface area contributed by atoms with Gasteiger partial charge in [0, 0.05) is 31.9 Å². The Balaban J connectivity index is 1.11. The Hall–Kier alpha value is -2.44. The van der Waals surface area contributed by atoms with Crippen LogP contribution < -0.4 is 5.32 Å². The molecule has 1 aromatic heterocycles. The van der Waals surface area contributed by atoms with Crippen molar-refractivity contribution in [2.75, 3.05) is 38.2 Å². The lowest BCUT2D eigenvalue weighted by Gasteiger charge is -2.28. The zero-order valence-electron chi connectivity index (χ0n) is 21.0. The minimum Gasteiger partial charge on any atom is -0.465 e. The van der Waals surface area contributed by atoms with Crippen LogP contribution in [0.3, 0.4) is 0 Å². The molecule has 2 atom stereocenters. The van der Waals surface area contributed by atoms with E-state index in [-0.39, 0.29) is 18.1 Å². The normalized spacial score (nSPS) is 20.8. The van der Waals surface area contributed by atoms with E-state index in [1.54, 1.807) is 0 Å². The molecular weight excluding hydrogens is 438 g/mol. The summed E-state index contributed by atoms with van der Waals surface area (Å²) in [5.41, 5.74) is 4.95. The van der Waals surface area contributed by atoms with Crippen molar-refractivity contribution in [3.05, 3.63) is 58.8 Å². The van der Waals surface area contributed by atoms with Crippen LogP contribution in [0.25, 0.3) is 0 Å². The van der Waals surface area contributed by atoms with Crippen molar-refractivity contribution in [3.8, 4) is 0 Å². The first-order chi connectivity index (χ1) is 17.2. The van der Waals surface area contributed by atoms with Gasteiger partial charge in [-0.05, 0) is 87.0 Å². The molecule has 5 rings (SSSR count). The van der Waals surface area contributed by atoms with Crippen molar-refractivity contribution < 1.29 is 14.3 Å². The van der Waals surface area contributed by atoms with Crippen LogP contribution in [0.15, 0.2) is 36.4 Å². The molecule has 1 N–H and O–H groups in total. The topological polar surface area (TPSA) is 63.7 Å². The number of hydrogen-bond acceptors (Lipinski definition) is 6. The molecule has 0 bridgehead atoms. The Kier molecular flexibility index (Phi) is 7.99. The summed E-state index contributed by atoms with van der Waals surface area (Å²) in [5.74, 6) is 1.54. The van der Waals surface area contributed by atoms with Crippen LogP contribution in [0.1, 0.15) is 79.8 Å². The van der Waals surface area contributed by atoms with Gasteiger partial charge in [-0.3, -0.25) is 4.90 Å². The van der Waals surface area contributed by atoms with E-state index in [9.17, 15) is 4.79 Å². The number of fused-ring (bicyclic) bond motifs is 1. The van der Waals surface area contributed by atoms with E-state index in [4.69, 9.17) is 14.5 Å². The van der Waals surface area contributed by atoms with Gasteiger partial charge in [-0.15, -0.1) is 0 Å². The smallest absolute Gasteiger partial charge is 0.328 e. The number of hydrogen-bond donors (Lipinski definition) is 1. The molecule has 3 aliphatic rings. The monoisotopic (exact) mass is 477 g/mol. The number of aryl methyl sites for hydroxylation is 2. The number of pyridine rings is 1. The zero-order chi connectivity index (χ0) is 24.0. The molecule has 2 fully saturated rings. The first kappa shape index (κ1) is 24.3. The maximum Gasteiger partial charge on any atom is 0.328 e. The third kappa shape index (κ3) is 6.04. The number of nitrogens with zero attached hydrogens (tertiary/aromatic N) is 2. The summed E-state index contributed by atoms with van der Waals surface area (Å²) in [5, 5.41) is 3.42. The number of nitrogens with one attached hydrogen (secondary N) is 1. The van der Waals surface area contributed by atoms with Crippen LogP contribution in [-0.4, -0.2) is 54.8 Å². The molecule has 0 spiro atoms. The van der Waals surface area contributed by atoms with Gasteiger partial charge in [-0.25, -0.2) is 9.78 Å². The maximum atomic E-state index is 13.0. The molecule has 35 heavy (non-hydrogen) atoms. The van der Waals surface area contributed by atoms with E-state index in [0.717, 1.165) is 75.4 Å². The van der Waals surface area contributed by atoms with Crippen molar-refractivity contribution in [2.45, 2.75) is 76.4 Å². The van der Waals surface area contributed by atoms with Gasteiger partial charge in [-0.1, -0.05) is 30.3 Å². The number of unbranched alkanes of at least 4 members (excludes halogenated alkanes) is 1. The number of carbonyl (C=O) groups is 1. The summed E-state index contributed by atoms with van der Waals surface area (Å²) in [6.07, 6.45) is 8.97. The minimum atomic E-state index is -0.330. The Bertz CT molecular complexity index is 1010. The van der Waals surface area contributed by atoms with E-state index in [1.807, 2.05) is 13.0 Å². The van der Waals surface area contributed by atoms with Crippen molar-refractivity contribution in [2.24, 2.45) is 0 Å². The highest BCUT2D eigenvalue weighted by Crippen LogP contribution is 2.44. The first-order valence-corrected chi connectivity index (χ1v) is 13.6. The molecule has 6 heteroatoms. The highest BCUT2D eigenvalue weighted by molar-refractivity contribution is 5.78. The summed E-state index contributed by atoms with van der Waals surface area (Å²) in [4.78, 5) is 20.1. The Morgan fingerprint density at radius 3 is 2.91 bits per heavy atom. The van der Waals surface area contributed by atoms with Crippen LogP contribution in [0.2, 0.25) is 0 Å². The minimum absolute atomic E-state index is 0.131. The van der Waals surface area contributed by atoms with Crippen molar-refractivity contribution >= 4 is 11.8 Å². The van der Waals surface area contributed by atoms with Crippen LogP contribution in [-0.2, 0) is 27.1 Å². The molecule has 188 valence electrons. The van der Waals surface area contributed by atoms with Crippen LogP contribution in [0, 0.1) is 0 Å². The number of benzene rings is 1. The van der Waals surface area contributed by atoms with E-state index >= 15 is 0 Å². The summed E-state index contributed by atoms with van der Waals surface area (Å²) >= 11 is 0. The number of esters is 1. The quantitative estimate of drug-likeness (QED) is 0.362. The third-order valence-electron chi connectivity index (χ3n) is 7.49. The van der Waals surface area contributed by atoms with Crippen LogP contribution in [0.5, 0.6) is 0 Å². The second-order valence-corrected chi connectivity index (χ2v) is 10.1. The van der Waals surface area contributed by atoms with Gasteiger partial charge in [0.15, 0.2) is 0 Å². The van der Waals surface area contributed by atoms with Gasteiger partial charge in [0.2, 0.25) is 0 Å². The van der Waals surface area contributed by atoms with Crippen molar-refractivity contribution in [1.29, 1.82) is 0 Å². The summed E-state index contributed by atoms with van der Waals surface area (Å²) < 4.78 is 11.8. The number of likely N-dealkylation sites (tertiary alicyclic amines) is 1. The third-order valence-corrected chi connectivity index (χ3v) is 7.49. The molecule has 1 aliphatic carbocycles. The van der Waals surface area contributed by atoms with Gasteiger partial charge in [-0.2, -0.15) is 0 Å². The van der Waals surface area contributed by atoms with E-state index < -0.39 is 0 Å². The van der Waals surface area contributed by atoms with Gasteiger partial charge < -0.3 is 14.8 Å². The molecule has 1 unspecified atom stereocenters. The fourth-order valence-electron chi connectivity index (χ4n) is 5.51. The average molecular weight is 478 g/mol. The van der Waals surface area contributed by atoms with E-state index in [0.29, 0.717) is 12.5 Å². The Morgan fingerprint density at radius 1 is 1.17 bits per heavy atom. The lowest BCUT2D eigenvalue weighted by molar-refractivity contribution is -0.149. The molecular formula is C29H39N3O3. The molecule has 0 amide bonds. The predicted octanol–water partition coefficient (Wildman–Crippen LogP) is 5.04. The second kappa shape index (κ2) is 11.5.